The molecule has 3 heteroatoms. The van der Waals surface area contributed by atoms with Gasteiger partial charge in [0.1, 0.15) is 6.17 Å². The van der Waals surface area contributed by atoms with Crippen molar-refractivity contribution in [2.24, 2.45) is 5.92 Å². The highest BCUT2D eigenvalue weighted by Gasteiger charge is 2.38. The lowest BCUT2D eigenvalue weighted by molar-refractivity contribution is -0.131. The third-order valence-corrected chi connectivity index (χ3v) is 4.65. The molecule has 1 aromatic rings. The lowest BCUT2D eigenvalue weighted by Gasteiger charge is -2.34. The van der Waals surface area contributed by atoms with Gasteiger partial charge in [-0.3, -0.25) is 10.1 Å². The van der Waals surface area contributed by atoms with Crippen molar-refractivity contribution in [2.45, 2.75) is 44.8 Å². The van der Waals surface area contributed by atoms with Gasteiger partial charge in [0.15, 0.2) is 0 Å². The first kappa shape index (κ1) is 12.7. The first-order chi connectivity index (χ1) is 9.27. The van der Waals surface area contributed by atoms with Crippen LogP contribution in [0.4, 0.5) is 0 Å². The van der Waals surface area contributed by atoms with E-state index in [1.807, 2.05) is 18.2 Å². The molecule has 3 rings (SSSR count). The van der Waals surface area contributed by atoms with E-state index in [9.17, 15) is 4.79 Å². The summed E-state index contributed by atoms with van der Waals surface area (Å²) in [5.41, 5.74) is 1.19. The molecular formula is C16H22N2O. The monoisotopic (exact) mass is 258 g/mol. The van der Waals surface area contributed by atoms with Gasteiger partial charge in [0.05, 0.1) is 6.54 Å². The van der Waals surface area contributed by atoms with Crippen molar-refractivity contribution in [2.75, 3.05) is 6.54 Å². The van der Waals surface area contributed by atoms with Crippen molar-refractivity contribution < 1.29 is 4.79 Å². The summed E-state index contributed by atoms with van der Waals surface area (Å²) in [7, 11) is 0. The van der Waals surface area contributed by atoms with Gasteiger partial charge in [0.2, 0.25) is 5.91 Å². The van der Waals surface area contributed by atoms with E-state index in [2.05, 4.69) is 29.3 Å². The molecule has 2 unspecified atom stereocenters. The number of carbonyl (C=O) groups excluding carboxylic acids is 1. The van der Waals surface area contributed by atoms with Crippen LogP contribution in [-0.4, -0.2) is 23.4 Å². The smallest absolute Gasteiger partial charge is 0.238 e. The van der Waals surface area contributed by atoms with E-state index < -0.39 is 0 Å². The zero-order chi connectivity index (χ0) is 13.2. The van der Waals surface area contributed by atoms with Crippen LogP contribution in [0.25, 0.3) is 0 Å². The fourth-order valence-corrected chi connectivity index (χ4v) is 3.56. The molecule has 2 atom stereocenters. The summed E-state index contributed by atoms with van der Waals surface area (Å²) in [5.74, 6) is 0.920. The highest BCUT2D eigenvalue weighted by atomic mass is 16.2. The van der Waals surface area contributed by atoms with E-state index in [1.165, 1.54) is 31.2 Å². The summed E-state index contributed by atoms with van der Waals surface area (Å²) in [4.78, 5) is 14.3. The largest absolute Gasteiger partial charge is 0.319 e. The van der Waals surface area contributed by atoms with Crippen LogP contribution >= 0.6 is 0 Å². The number of nitrogens with zero attached hydrogens (tertiary/aromatic N) is 1. The molecule has 2 aliphatic rings. The zero-order valence-electron chi connectivity index (χ0n) is 11.5. The van der Waals surface area contributed by atoms with Crippen LogP contribution < -0.4 is 5.32 Å². The Kier molecular flexibility index (Phi) is 3.56. The topological polar surface area (TPSA) is 32.3 Å². The predicted molar refractivity (Wildman–Crippen MR) is 75.5 cm³/mol. The Morgan fingerprint density at radius 1 is 1.21 bits per heavy atom. The maximum absolute atomic E-state index is 12.2. The first-order valence-corrected chi connectivity index (χ1v) is 7.37. The van der Waals surface area contributed by atoms with Crippen LogP contribution in [0.15, 0.2) is 30.3 Å². The molecule has 102 valence electrons. The van der Waals surface area contributed by atoms with Gasteiger partial charge in [-0.2, -0.15) is 0 Å². The second-order valence-corrected chi connectivity index (χ2v) is 5.78. The van der Waals surface area contributed by atoms with Crippen LogP contribution in [0.1, 0.15) is 44.3 Å². The summed E-state index contributed by atoms with van der Waals surface area (Å²) >= 11 is 0. The lowest BCUT2D eigenvalue weighted by atomic mass is 9.97. The first-order valence-electron chi connectivity index (χ1n) is 7.37. The summed E-state index contributed by atoms with van der Waals surface area (Å²) in [6.45, 7) is 2.69. The molecule has 1 saturated heterocycles. The lowest BCUT2D eigenvalue weighted by Crippen LogP contribution is -2.41. The van der Waals surface area contributed by atoms with Crippen molar-refractivity contribution in [1.29, 1.82) is 0 Å². The van der Waals surface area contributed by atoms with E-state index in [0.717, 1.165) is 0 Å². The van der Waals surface area contributed by atoms with Crippen molar-refractivity contribution in [3.05, 3.63) is 35.9 Å². The van der Waals surface area contributed by atoms with Crippen LogP contribution in [0.3, 0.4) is 0 Å². The fraction of sp³-hybridized carbons (Fsp3) is 0.562. The Hall–Kier alpha value is -1.35. The molecule has 3 nitrogen and oxygen atoms in total. The molecule has 1 N–H and O–H groups in total. The Bertz CT molecular complexity index is 439. The minimum absolute atomic E-state index is 0.0595. The third kappa shape index (κ3) is 2.39. The number of benzene rings is 1. The van der Waals surface area contributed by atoms with Crippen molar-refractivity contribution >= 4 is 5.91 Å². The zero-order valence-corrected chi connectivity index (χ0v) is 11.5. The second kappa shape index (κ2) is 5.33. The normalized spacial score (nSPS) is 26.1. The maximum atomic E-state index is 12.2. The van der Waals surface area contributed by atoms with Crippen LogP contribution in [0, 0.1) is 5.92 Å². The number of rotatable bonds is 3. The summed E-state index contributed by atoms with van der Waals surface area (Å²) < 4.78 is 0. The molecule has 0 bridgehead atoms. The average Bonchev–Trinajstić information content (AvgIpc) is 3.08. The summed E-state index contributed by atoms with van der Waals surface area (Å²) in [6.07, 6.45) is 5.24. The highest BCUT2D eigenvalue weighted by Crippen LogP contribution is 2.34. The molecule has 0 spiro atoms. The van der Waals surface area contributed by atoms with Crippen LogP contribution in [0.5, 0.6) is 0 Å². The number of carbonyl (C=O) groups is 1. The van der Waals surface area contributed by atoms with Gasteiger partial charge < -0.3 is 4.90 Å². The fourth-order valence-electron chi connectivity index (χ4n) is 3.56. The van der Waals surface area contributed by atoms with Gasteiger partial charge in [-0.25, -0.2) is 0 Å². The molecule has 1 heterocycles. The van der Waals surface area contributed by atoms with Gasteiger partial charge in [-0.15, -0.1) is 0 Å². The van der Waals surface area contributed by atoms with Gasteiger partial charge in [-0.05, 0) is 31.2 Å². The minimum Gasteiger partial charge on any atom is -0.319 e. The molecule has 0 aromatic heterocycles. The summed E-state index contributed by atoms with van der Waals surface area (Å²) in [6, 6.07) is 10.6. The van der Waals surface area contributed by atoms with E-state index in [-0.39, 0.29) is 12.1 Å². The number of nitrogens with one attached hydrogen (secondary N) is 1. The molecule has 1 saturated carbocycles. The van der Waals surface area contributed by atoms with Crippen molar-refractivity contribution in [3.63, 3.8) is 0 Å². The van der Waals surface area contributed by atoms with Crippen molar-refractivity contribution in [3.8, 4) is 0 Å². The quantitative estimate of drug-likeness (QED) is 0.904. The third-order valence-electron chi connectivity index (χ3n) is 4.65. The SMILES string of the molecule is CC(C1CCCC1)N1C(=O)CNC1c1ccccc1. The van der Waals surface area contributed by atoms with Crippen LogP contribution in [0.2, 0.25) is 0 Å². The number of hydrogen-bond acceptors (Lipinski definition) is 2. The van der Waals surface area contributed by atoms with Crippen LogP contribution in [-0.2, 0) is 4.79 Å². The molecule has 19 heavy (non-hydrogen) atoms. The van der Waals surface area contributed by atoms with E-state index in [0.29, 0.717) is 18.5 Å². The summed E-state index contributed by atoms with van der Waals surface area (Å²) in [5, 5.41) is 3.35. The van der Waals surface area contributed by atoms with Crippen molar-refractivity contribution in [1.82, 2.24) is 10.2 Å². The van der Waals surface area contributed by atoms with Gasteiger partial charge >= 0.3 is 0 Å². The van der Waals surface area contributed by atoms with E-state index >= 15 is 0 Å². The number of hydrogen-bond donors (Lipinski definition) is 1. The van der Waals surface area contributed by atoms with E-state index in [1.54, 1.807) is 0 Å². The minimum atomic E-state index is 0.0595. The molecule has 1 amide bonds. The molecule has 0 radical (unpaired) electrons. The maximum Gasteiger partial charge on any atom is 0.238 e. The average molecular weight is 258 g/mol. The Labute approximate surface area is 115 Å². The predicted octanol–water partition coefficient (Wildman–Crippen LogP) is 2.70. The molecule has 1 aliphatic carbocycles. The van der Waals surface area contributed by atoms with Gasteiger partial charge in [-0.1, -0.05) is 43.2 Å². The molecule has 1 aromatic carbocycles. The van der Waals surface area contributed by atoms with Gasteiger partial charge in [0, 0.05) is 6.04 Å². The Balaban J connectivity index is 1.82. The molecule has 1 aliphatic heterocycles. The highest BCUT2D eigenvalue weighted by molar-refractivity contribution is 5.81. The Morgan fingerprint density at radius 2 is 1.89 bits per heavy atom. The standard InChI is InChI=1S/C16H22N2O/c1-12(13-7-5-6-8-13)18-15(19)11-17-16(18)14-9-3-2-4-10-14/h2-4,9-10,12-13,16-17H,5-8,11H2,1H3. The molecule has 2 fully saturated rings. The number of amides is 1. The van der Waals surface area contributed by atoms with E-state index in [4.69, 9.17) is 0 Å². The second-order valence-electron chi connectivity index (χ2n) is 5.78. The van der Waals surface area contributed by atoms with Gasteiger partial charge in [0.25, 0.3) is 0 Å². The Morgan fingerprint density at radius 3 is 2.58 bits per heavy atom. The molecular weight excluding hydrogens is 236 g/mol.